The van der Waals surface area contributed by atoms with E-state index in [0.29, 0.717) is 0 Å². The number of hydrogen-bond donors (Lipinski definition) is 3. The number of nitrogens with one attached hydrogen (secondary N) is 2. The minimum atomic E-state index is -3.18. The van der Waals surface area contributed by atoms with Crippen LogP contribution in [0.3, 0.4) is 0 Å². The number of sulfone groups is 1. The van der Waals surface area contributed by atoms with Crippen LogP contribution in [0.1, 0.15) is 33.6 Å². The van der Waals surface area contributed by atoms with Crippen LogP contribution in [0.4, 0.5) is 4.79 Å². The Labute approximate surface area is 124 Å². The highest BCUT2D eigenvalue weighted by Crippen LogP contribution is 2.24. The second-order valence-corrected chi connectivity index (χ2v) is 7.92. The lowest BCUT2D eigenvalue weighted by molar-refractivity contribution is -0.139. The summed E-state index contributed by atoms with van der Waals surface area (Å²) >= 11 is 0. The lowest BCUT2D eigenvalue weighted by Gasteiger charge is -2.21. The van der Waals surface area contributed by atoms with Crippen molar-refractivity contribution >= 4 is 27.7 Å². The Hall–Kier alpha value is -1.64. The molecule has 0 radical (unpaired) electrons. The van der Waals surface area contributed by atoms with E-state index >= 15 is 0 Å². The molecule has 0 aromatic heterocycles. The number of amides is 3. The Morgan fingerprint density at radius 3 is 2.19 bits per heavy atom. The van der Waals surface area contributed by atoms with E-state index in [2.05, 4.69) is 5.32 Å². The topological polar surface area (TPSA) is 130 Å². The third-order valence-corrected chi connectivity index (χ3v) is 4.37. The van der Waals surface area contributed by atoms with Gasteiger partial charge < -0.3 is 10.4 Å². The first-order valence-electron chi connectivity index (χ1n) is 6.47. The van der Waals surface area contributed by atoms with Crippen molar-refractivity contribution in [1.82, 2.24) is 10.6 Å². The number of carbonyl (C=O) groups is 3. The SMILES string of the molecule is CCS(=O)(=O)CCNC(=O)NC(=O)CC(C)(C)CC(=O)O. The summed E-state index contributed by atoms with van der Waals surface area (Å²) in [5.41, 5.74) is -0.776. The zero-order valence-electron chi connectivity index (χ0n) is 12.4. The number of carboxylic acids is 1. The maximum Gasteiger partial charge on any atom is 0.321 e. The van der Waals surface area contributed by atoms with Crippen LogP contribution < -0.4 is 10.6 Å². The lowest BCUT2D eigenvalue weighted by Crippen LogP contribution is -2.42. The van der Waals surface area contributed by atoms with Gasteiger partial charge in [0.2, 0.25) is 5.91 Å². The molecule has 0 saturated carbocycles. The Kier molecular flexibility index (Phi) is 7.34. The van der Waals surface area contributed by atoms with Crippen LogP contribution in [0.5, 0.6) is 0 Å². The van der Waals surface area contributed by atoms with Crippen molar-refractivity contribution in [3.05, 3.63) is 0 Å². The van der Waals surface area contributed by atoms with Crippen LogP contribution in [-0.4, -0.2) is 49.5 Å². The Morgan fingerprint density at radius 1 is 1.14 bits per heavy atom. The number of hydrogen-bond acceptors (Lipinski definition) is 5. The van der Waals surface area contributed by atoms with Crippen LogP contribution in [0.25, 0.3) is 0 Å². The number of imide groups is 1. The van der Waals surface area contributed by atoms with Crippen molar-refractivity contribution in [2.45, 2.75) is 33.6 Å². The first-order chi connectivity index (χ1) is 9.47. The fraction of sp³-hybridized carbons (Fsp3) is 0.750. The molecule has 0 unspecified atom stereocenters. The zero-order chi connectivity index (χ0) is 16.7. The van der Waals surface area contributed by atoms with Gasteiger partial charge in [-0.2, -0.15) is 0 Å². The van der Waals surface area contributed by atoms with Crippen molar-refractivity contribution in [2.24, 2.45) is 5.41 Å². The summed E-state index contributed by atoms with van der Waals surface area (Å²) in [7, 11) is -3.18. The van der Waals surface area contributed by atoms with Gasteiger partial charge in [-0.15, -0.1) is 0 Å². The van der Waals surface area contributed by atoms with Crippen LogP contribution >= 0.6 is 0 Å². The highest BCUT2D eigenvalue weighted by molar-refractivity contribution is 7.91. The van der Waals surface area contributed by atoms with Gasteiger partial charge in [-0.25, -0.2) is 13.2 Å². The summed E-state index contributed by atoms with van der Waals surface area (Å²) in [5, 5.41) is 13.0. The predicted octanol–water partition coefficient (Wildman–Crippen LogP) is 0.138. The first-order valence-corrected chi connectivity index (χ1v) is 8.29. The molecule has 0 rings (SSSR count). The summed E-state index contributed by atoms with van der Waals surface area (Å²) in [4.78, 5) is 33.6. The molecule has 122 valence electrons. The smallest absolute Gasteiger partial charge is 0.321 e. The summed E-state index contributed by atoms with van der Waals surface area (Å²) in [5.74, 6) is -1.85. The third kappa shape index (κ3) is 9.83. The molecule has 0 atom stereocenters. The van der Waals surface area contributed by atoms with Crippen LogP contribution in [0.15, 0.2) is 0 Å². The zero-order valence-corrected chi connectivity index (χ0v) is 13.2. The predicted molar refractivity (Wildman–Crippen MR) is 76.5 cm³/mol. The van der Waals surface area contributed by atoms with Gasteiger partial charge in [0.1, 0.15) is 0 Å². The Balaban J connectivity index is 4.16. The summed E-state index contributed by atoms with van der Waals surface area (Å²) < 4.78 is 22.4. The fourth-order valence-electron chi connectivity index (χ4n) is 1.59. The second-order valence-electron chi connectivity index (χ2n) is 5.45. The van der Waals surface area contributed by atoms with E-state index < -0.39 is 33.2 Å². The van der Waals surface area contributed by atoms with Gasteiger partial charge in [-0.1, -0.05) is 20.8 Å². The fourth-order valence-corrected chi connectivity index (χ4v) is 2.29. The average molecular weight is 322 g/mol. The van der Waals surface area contributed by atoms with E-state index in [1.165, 1.54) is 6.92 Å². The van der Waals surface area contributed by atoms with Crippen LogP contribution in [-0.2, 0) is 19.4 Å². The molecule has 9 heteroatoms. The highest BCUT2D eigenvalue weighted by atomic mass is 32.2. The molecule has 0 fully saturated rings. The number of urea groups is 1. The molecular formula is C12H22N2O6S. The first kappa shape index (κ1) is 19.4. The van der Waals surface area contributed by atoms with Crippen LogP contribution in [0, 0.1) is 5.41 Å². The van der Waals surface area contributed by atoms with E-state index in [1.54, 1.807) is 13.8 Å². The van der Waals surface area contributed by atoms with Crippen molar-refractivity contribution < 1.29 is 27.9 Å². The van der Waals surface area contributed by atoms with E-state index in [0.717, 1.165) is 0 Å². The molecule has 0 bridgehead atoms. The summed E-state index contributed by atoms with van der Waals surface area (Å²) in [6, 6.07) is -0.794. The van der Waals surface area contributed by atoms with Gasteiger partial charge in [0.25, 0.3) is 0 Å². The molecule has 0 aliphatic rings. The number of carboxylic acid groups (broad SMARTS) is 1. The standard InChI is InChI=1S/C12H22N2O6S/c1-4-21(19,20)6-5-13-11(18)14-9(15)7-12(2,3)8-10(16)17/h4-8H2,1-3H3,(H,16,17)(H2,13,14,15,18). The van der Waals surface area contributed by atoms with E-state index in [4.69, 9.17) is 5.11 Å². The van der Waals surface area contributed by atoms with Gasteiger partial charge in [-0.3, -0.25) is 14.9 Å². The maximum atomic E-state index is 11.6. The van der Waals surface area contributed by atoms with Gasteiger partial charge in [0.15, 0.2) is 9.84 Å². The van der Waals surface area contributed by atoms with Gasteiger partial charge in [0, 0.05) is 18.7 Å². The minimum absolute atomic E-state index is 0.0153. The minimum Gasteiger partial charge on any atom is -0.481 e. The number of aliphatic carboxylic acids is 1. The molecular weight excluding hydrogens is 300 g/mol. The third-order valence-electron chi connectivity index (χ3n) is 2.66. The normalized spacial score (nSPS) is 11.8. The molecule has 3 amide bonds. The van der Waals surface area contributed by atoms with Crippen molar-refractivity contribution in [2.75, 3.05) is 18.1 Å². The molecule has 0 aliphatic carbocycles. The van der Waals surface area contributed by atoms with Gasteiger partial charge in [-0.05, 0) is 5.41 Å². The van der Waals surface area contributed by atoms with E-state index in [-0.39, 0.29) is 30.9 Å². The molecule has 0 spiro atoms. The molecule has 21 heavy (non-hydrogen) atoms. The number of rotatable bonds is 8. The maximum absolute atomic E-state index is 11.6. The van der Waals surface area contributed by atoms with Crippen LogP contribution in [0.2, 0.25) is 0 Å². The quantitative estimate of drug-likeness (QED) is 0.583. The molecule has 0 heterocycles. The van der Waals surface area contributed by atoms with E-state index in [1.807, 2.05) is 5.32 Å². The second kappa shape index (κ2) is 7.96. The largest absolute Gasteiger partial charge is 0.481 e. The van der Waals surface area contributed by atoms with E-state index in [9.17, 15) is 22.8 Å². The average Bonchev–Trinajstić information content (AvgIpc) is 2.25. The lowest BCUT2D eigenvalue weighted by atomic mass is 9.85. The molecule has 0 saturated heterocycles. The molecule has 0 aromatic rings. The van der Waals surface area contributed by atoms with Crippen molar-refractivity contribution in [3.8, 4) is 0 Å². The molecule has 0 aromatic carbocycles. The number of carbonyl (C=O) groups excluding carboxylic acids is 2. The highest BCUT2D eigenvalue weighted by Gasteiger charge is 2.25. The molecule has 8 nitrogen and oxygen atoms in total. The Morgan fingerprint density at radius 2 is 1.71 bits per heavy atom. The summed E-state index contributed by atoms with van der Waals surface area (Å²) in [6.07, 6.45) is -0.323. The summed E-state index contributed by atoms with van der Waals surface area (Å²) in [6.45, 7) is 4.62. The van der Waals surface area contributed by atoms with Gasteiger partial charge >= 0.3 is 12.0 Å². The van der Waals surface area contributed by atoms with Gasteiger partial charge in [0.05, 0.1) is 12.2 Å². The molecule has 3 N–H and O–H groups in total. The molecule has 0 aliphatic heterocycles. The van der Waals surface area contributed by atoms with Crippen molar-refractivity contribution in [3.63, 3.8) is 0 Å². The van der Waals surface area contributed by atoms with Crippen molar-refractivity contribution in [1.29, 1.82) is 0 Å². The Bertz CT molecular complexity index is 498. The monoisotopic (exact) mass is 322 g/mol.